The highest BCUT2D eigenvalue weighted by Gasteiger charge is 2.07. The summed E-state index contributed by atoms with van der Waals surface area (Å²) in [4.78, 5) is 25.6. The fourth-order valence-corrected chi connectivity index (χ4v) is 0.883. The zero-order valence-corrected chi connectivity index (χ0v) is 7.73. The molecule has 4 heteroatoms. The van der Waals surface area contributed by atoms with E-state index in [0.29, 0.717) is 5.69 Å². The van der Waals surface area contributed by atoms with Gasteiger partial charge in [-0.2, -0.15) is 0 Å². The largest absolute Gasteiger partial charge is 0.285 e. The lowest BCUT2D eigenvalue weighted by Crippen LogP contribution is -2.20. The Labute approximate surface area is 87.0 Å². The van der Waals surface area contributed by atoms with Crippen LogP contribution in [0.25, 0.3) is 6.08 Å². The Morgan fingerprint density at radius 3 is 2.87 bits per heavy atom. The Balaban J connectivity index is 2.94. The lowest BCUT2D eigenvalue weighted by molar-refractivity contribution is -0.115. The van der Waals surface area contributed by atoms with E-state index in [1.807, 2.05) is 11.4 Å². The normalized spacial score (nSPS) is 10.2. The van der Waals surface area contributed by atoms with Crippen molar-refractivity contribution in [3.05, 3.63) is 35.7 Å². The molecule has 0 bridgehead atoms. The van der Waals surface area contributed by atoms with Crippen LogP contribution in [0, 0.1) is 12.5 Å². The van der Waals surface area contributed by atoms with Crippen molar-refractivity contribution in [1.29, 1.82) is 0 Å². The number of pyridine rings is 1. The average Bonchev–Trinajstić information content (AvgIpc) is 2.27. The van der Waals surface area contributed by atoms with Crippen LogP contribution >= 0.6 is 0 Å². The molecule has 1 rings (SSSR count). The highest BCUT2D eigenvalue weighted by molar-refractivity contribution is 6.14. The van der Waals surface area contributed by atoms with Crippen LogP contribution in [-0.4, -0.2) is 17.2 Å². The van der Waals surface area contributed by atoms with Gasteiger partial charge >= 0.3 is 0 Å². The first-order valence-electron chi connectivity index (χ1n) is 4.04. The number of nitrogens with zero attached hydrogens (tertiary/aromatic N) is 1. The van der Waals surface area contributed by atoms with E-state index in [-0.39, 0.29) is 5.57 Å². The molecular formula is C11H7N2O2. The van der Waals surface area contributed by atoms with Crippen LogP contribution in [0.1, 0.15) is 5.69 Å². The first-order valence-corrected chi connectivity index (χ1v) is 4.04. The summed E-state index contributed by atoms with van der Waals surface area (Å²) in [7, 11) is 0. The lowest BCUT2D eigenvalue weighted by Gasteiger charge is -1.96. The van der Waals surface area contributed by atoms with E-state index in [0.717, 1.165) is 0 Å². The molecule has 0 spiro atoms. The zero-order valence-electron chi connectivity index (χ0n) is 7.73. The van der Waals surface area contributed by atoms with Gasteiger partial charge in [0.1, 0.15) is 0 Å². The first kappa shape index (κ1) is 10.7. The summed E-state index contributed by atoms with van der Waals surface area (Å²) in [6.07, 6.45) is 9.21. The van der Waals surface area contributed by atoms with Gasteiger partial charge in [0.2, 0.25) is 6.29 Å². The maximum atomic E-state index is 11.2. The molecule has 0 aromatic carbocycles. The van der Waals surface area contributed by atoms with Crippen LogP contribution in [0.2, 0.25) is 0 Å². The Hall–Kier alpha value is -2.41. The van der Waals surface area contributed by atoms with Gasteiger partial charge in [-0.15, -0.1) is 0 Å². The van der Waals surface area contributed by atoms with Gasteiger partial charge in [-0.25, -0.2) is 0 Å². The molecule has 0 aliphatic carbocycles. The third kappa shape index (κ3) is 3.08. The van der Waals surface area contributed by atoms with Crippen molar-refractivity contribution in [2.24, 2.45) is 0 Å². The van der Waals surface area contributed by atoms with Crippen molar-refractivity contribution in [1.82, 2.24) is 10.3 Å². The second-order valence-corrected chi connectivity index (χ2v) is 2.51. The Morgan fingerprint density at radius 1 is 1.53 bits per heavy atom. The molecule has 1 aromatic rings. The predicted octanol–water partition coefficient (Wildman–Crippen LogP) is 0.282. The number of nitrogens with one attached hydrogen (secondary N) is 1. The molecular weight excluding hydrogens is 192 g/mol. The molecule has 0 aliphatic rings. The molecule has 4 nitrogen and oxygen atoms in total. The summed E-state index contributed by atoms with van der Waals surface area (Å²) in [6.45, 7) is 0. The molecule has 0 fully saturated rings. The number of hydrogen-bond acceptors (Lipinski definition) is 3. The van der Waals surface area contributed by atoms with Gasteiger partial charge < -0.3 is 0 Å². The van der Waals surface area contributed by atoms with Crippen molar-refractivity contribution in [2.45, 2.75) is 0 Å². The van der Waals surface area contributed by atoms with Gasteiger partial charge in [-0.05, 0) is 18.2 Å². The second-order valence-electron chi connectivity index (χ2n) is 2.51. The van der Waals surface area contributed by atoms with Crippen LogP contribution in [0.15, 0.2) is 30.0 Å². The Morgan fingerprint density at radius 2 is 2.33 bits per heavy atom. The average molecular weight is 199 g/mol. The zero-order chi connectivity index (χ0) is 11.1. The summed E-state index contributed by atoms with van der Waals surface area (Å²) in [5.74, 6) is -0.668. The molecule has 0 saturated carbocycles. The van der Waals surface area contributed by atoms with Crippen molar-refractivity contribution >= 4 is 18.3 Å². The van der Waals surface area contributed by atoms with Gasteiger partial charge in [0.05, 0.1) is 11.3 Å². The smallest absolute Gasteiger partial charge is 0.266 e. The maximum absolute atomic E-state index is 11.2. The van der Waals surface area contributed by atoms with E-state index in [1.165, 1.54) is 12.4 Å². The van der Waals surface area contributed by atoms with Crippen molar-refractivity contribution in [2.75, 3.05) is 0 Å². The number of aromatic nitrogens is 1. The van der Waals surface area contributed by atoms with E-state index in [9.17, 15) is 9.59 Å². The SMILES string of the molecule is C#CNC(=O)/C([C]=O)=C/c1ccccn1. The maximum Gasteiger partial charge on any atom is 0.266 e. The molecule has 1 N–H and O–H groups in total. The number of hydrogen-bond donors (Lipinski definition) is 1. The fourth-order valence-electron chi connectivity index (χ4n) is 0.883. The van der Waals surface area contributed by atoms with E-state index < -0.39 is 5.91 Å². The number of carbonyl (C=O) groups excluding carboxylic acids is 2. The Kier molecular flexibility index (Phi) is 3.80. The Bertz CT molecular complexity index is 430. The minimum absolute atomic E-state index is 0.188. The summed E-state index contributed by atoms with van der Waals surface area (Å²) in [5.41, 5.74) is 0.301. The minimum Gasteiger partial charge on any atom is -0.285 e. The van der Waals surface area contributed by atoms with Crippen LogP contribution < -0.4 is 5.32 Å². The molecule has 1 aromatic heterocycles. The molecule has 73 valence electrons. The first-order chi connectivity index (χ1) is 7.27. The lowest BCUT2D eigenvalue weighted by atomic mass is 10.2. The summed E-state index contributed by atoms with van der Waals surface area (Å²) >= 11 is 0. The van der Waals surface area contributed by atoms with Crippen LogP contribution in [0.5, 0.6) is 0 Å². The van der Waals surface area contributed by atoms with E-state index in [4.69, 9.17) is 6.42 Å². The van der Waals surface area contributed by atoms with Crippen molar-refractivity contribution in [3.8, 4) is 12.5 Å². The number of terminal acetylenes is 1. The molecule has 1 amide bonds. The van der Waals surface area contributed by atoms with E-state index in [1.54, 1.807) is 24.4 Å². The van der Waals surface area contributed by atoms with E-state index >= 15 is 0 Å². The van der Waals surface area contributed by atoms with Gasteiger partial charge in [-0.1, -0.05) is 12.5 Å². The molecule has 0 aliphatic heterocycles. The van der Waals surface area contributed by atoms with Crippen molar-refractivity contribution in [3.63, 3.8) is 0 Å². The molecule has 0 saturated heterocycles. The minimum atomic E-state index is -0.668. The van der Waals surface area contributed by atoms with Gasteiger partial charge in [-0.3, -0.25) is 19.9 Å². The van der Waals surface area contributed by atoms with Gasteiger partial charge in [0.25, 0.3) is 5.91 Å². The topological polar surface area (TPSA) is 59.1 Å². The second kappa shape index (κ2) is 5.35. The highest BCUT2D eigenvalue weighted by atomic mass is 16.2. The van der Waals surface area contributed by atoms with Gasteiger partial charge in [0, 0.05) is 12.2 Å². The number of rotatable bonds is 3. The quantitative estimate of drug-likeness (QED) is 0.250. The molecule has 1 radical (unpaired) electrons. The summed E-state index contributed by atoms with van der Waals surface area (Å²) < 4.78 is 0. The highest BCUT2D eigenvalue weighted by Crippen LogP contribution is 2.01. The van der Waals surface area contributed by atoms with Crippen LogP contribution in [0.4, 0.5) is 0 Å². The number of carbonyl (C=O) groups is 1. The molecule has 0 atom stereocenters. The summed E-state index contributed by atoms with van der Waals surface area (Å²) in [5, 5.41) is 2.05. The van der Waals surface area contributed by atoms with Crippen LogP contribution in [-0.2, 0) is 9.59 Å². The van der Waals surface area contributed by atoms with Crippen molar-refractivity contribution < 1.29 is 9.59 Å². The monoisotopic (exact) mass is 199 g/mol. The van der Waals surface area contributed by atoms with Crippen LogP contribution in [0.3, 0.4) is 0 Å². The third-order valence-electron chi connectivity index (χ3n) is 1.52. The number of amides is 1. The van der Waals surface area contributed by atoms with E-state index in [2.05, 4.69) is 4.98 Å². The molecule has 1 heterocycles. The molecule has 15 heavy (non-hydrogen) atoms. The molecule has 0 unspecified atom stereocenters. The predicted molar refractivity (Wildman–Crippen MR) is 54.9 cm³/mol. The standard InChI is InChI=1S/C11H7N2O2/c1-2-12-11(15)9(8-14)7-10-5-3-4-6-13-10/h1,3-7H,(H,12,15)/b9-7+. The fraction of sp³-hybridized carbons (Fsp3) is 0. The van der Waals surface area contributed by atoms with Gasteiger partial charge in [0.15, 0.2) is 0 Å². The summed E-state index contributed by atoms with van der Waals surface area (Å²) in [6, 6.07) is 7.04. The third-order valence-corrected chi connectivity index (χ3v) is 1.52.